The first kappa shape index (κ1) is 13.6. The Balaban J connectivity index is 1.73. The summed E-state index contributed by atoms with van der Waals surface area (Å²) in [5, 5.41) is 5.35. The molecule has 5 nitrogen and oxygen atoms in total. The van der Waals surface area contributed by atoms with Gasteiger partial charge in [0, 0.05) is 6.04 Å². The van der Waals surface area contributed by atoms with Gasteiger partial charge in [-0.3, -0.25) is 9.59 Å². The third kappa shape index (κ3) is 4.43. The summed E-state index contributed by atoms with van der Waals surface area (Å²) in [5.74, 6) is -0.505. The minimum atomic E-state index is -0.597. The van der Waals surface area contributed by atoms with Crippen molar-refractivity contribution in [3.8, 4) is 0 Å². The second-order valence-corrected chi connectivity index (χ2v) is 4.92. The predicted octanol–water partition coefficient (Wildman–Crippen LogP) is 1.73. The van der Waals surface area contributed by atoms with E-state index < -0.39 is 11.8 Å². The summed E-state index contributed by atoms with van der Waals surface area (Å²) in [6, 6.07) is 3.64. The molecule has 2 N–H and O–H groups in total. The fourth-order valence-electron chi connectivity index (χ4n) is 2.34. The van der Waals surface area contributed by atoms with Crippen LogP contribution in [-0.4, -0.2) is 17.9 Å². The molecule has 0 aromatic carbocycles. The van der Waals surface area contributed by atoms with Crippen molar-refractivity contribution in [1.82, 2.24) is 10.6 Å². The number of amides is 2. The van der Waals surface area contributed by atoms with Gasteiger partial charge in [0.05, 0.1) is 12.8 Å². The van der Waals surface area contributed by atoms with Crippen molar-refractivity contribution < 1.29 is 14.0 Å². The highest BCUT2D eigenvalue weighted by atomic mass is 16.3. The molecular formula is C14H20N2O3. The van der Waals surface area contributed by atoms with Gasteiger partial charge < -0.3 is 15.1 Å². The molecule has 0 unspecified atom stereocenters. The molecule has 0 atom stereocenters. The number of carbonyl (C=O) groups is 2. The van der Waals surface area contributed by atoms with Crippen LogP contribution in [0.3, 0.4) is 0 Å². The average molecular weight is 264 g/mol. The number of rotatable bonds is 3. The zero-order valence-corrected chi connectivity index (χ0v) is 11.0. The largest absolute Gasteiger partial charge is 0.467 e. The standard InChI is InChI=1S/C14H20N2O3/c17-13(15-10-12-8-5-9-19-12)14(18)16-11-6-3-1-2-4-7-11/h5,8-9,11H,1-4,6-7,10H2,(H,15,17)(H,16,18). The third-order valence-electron chi connectivity index (χ3n) is 3.40. The fraction of sp³-hybridized carbons (Fsp3) is 0.571. The molecule has 1 aliphatic carbocycles. The lowest BCUT2D eigenvalue weighted by Crippen LogP contribution is -2.44. The Morgan fingerprint density at radius 3 is 2.53 bits per heavy atom. The van der Waals surface area contributed by atoms with Gasteiger partial charge in [-0.1, -0.05) is 25.7 Å². The molecule has 104 valence electrons. The maximum absolute atomic E-state index is 11.7. The first-order chi connectivity index (χ1) is 9.25. The Labute approximate surface area is 112 Å². The van der Waals surface area contributed by atoms with Crippen molar-refractivity contribution in [2.75, 3.05) is 0 Å². The lowest BCUT2D eigenvalue weighted by molar-refractivity contribution is -0.139. The Hall–Kier alpha value is -1.78. The third-order valence-corrected chi connectivity index (χ3v) is 3.40. The van der Waals surface area contributed by atoms with Crippen LogP contribution in [0.15, 0.2) is 22.8 Å². The molecule has 0 bridgehead atoms. The van der Waals surface area contributed by atoms with Crippen molar-refractivity contribution in [3.63, 3.8) is 0 Å². The van der Waals surface area contributed by atoms with E-state index >= 15 is 0 Å². The molecule has 2 amide bonds. The topological polar surface area (TPSA) is 71.3 Å². The van der Waals surface area contributed by atoms with E-state index in [0.29, 0.717) is 5.76 Å². The highest BCUT2D eigenvalue weighted by molar-refractivity contribution is 6.35. The zero-order valence-electron chi connectivity index (χ0n) is 11.0. The second-order valence-electron chi connectivity index (χ2n) is 4.92. The lowest BCUT2D eigenvalue weighted by Gasteiger charge is -2.15. The van der Waals surface area contributed by atoms with Crippen molar-refractivity contribution in [2.24, 2.45) is 0 Å². The van der Waals surface area contributed by atoms with Gasteiger partial charge in [0.1, 0.15) is 5.76 Å². The maximum atomic E-state index is 11.7. The molecule has 1 aliphatic rings. The normalized spacial score (nSPS) is 16.6. The van der Waals surface area contributed by atoms with Crippen LogP contribution in [0.25, 0.3) is 0 Å². The Morgan fingerprint density at radius 2 is 1.89 bits per heavy atom. The van der Waals surface area contributed by atoms with Crippen LogP contribution < -0.4 is 10.6 Å². The van der Waals surface area contributed by atoms with E-state index in [1.807, 2.05) is 0 Å². The monoisotopic (exact) mass is 264 g/mol. The van der Waals surface area contributed by atoms with Crippen LogP contribution in [0.4, 0.5) is 0 Å². The van der Waals surface area contributed by atoms with Crippen molar-refractivity contribution >= 4 is 11.8 Å². The molecular weight excluding hydrogens is 244 g/mol. The summed E-state index contributed by atoms with van der Waals surface area (Å²) < 4.78 is 5.08. The Bertz CT molecular complexity index is 406. The van der Waals surface area contributed by atoms with Crippen LogP contribution in [0.1, 0.15) is 44.3 Å². The molecule has 0 radical (unpaired) electrons. The van der Waals surface area contributed by atoms with Gasteiger partial charge in [0.15, 0.2) is 0 Å². The van der Waals surface area contributed by atoms with Crippen molar-refractivity contribution in [1.29, 1.82) is 0 Å². The lowest BCUT2D eigenvalue weighted by atomic mass is 10.1. The van der Waals surface area contributed by atoms with Gasteiger partial charge in [-0.15, -0.1) is 0 Å². The van der Waals surface area contributed by atoms with Crippen molar-refractivity contribution in [3.05, 3.63) is 24.2 Å². The molecule has 1 heterocycles. The molecule has 19 heavy (non-hydrogen) atoms. The van der Waals surface area contributed by atoms with Gasteiger partial charge in [-0.2, -0.15) is 0 Å². The number of hydrogen-bond acceptors (Lipinski definition) is 3. The summed E-state index contributed by atoms with van der Waals surface area (Å²) in [5.41, 5.74) is 0. The average Bonchev–Trinajstić information content (AvgIpc) is 2.80. The number of furan rings is 1. The van der Waals surface area contributed by atoms with Gasteiger partial charge in [0.25, 0.3) is 0 Å². The summed E-state index contributed by atoms with van der Waals surface area (Å²) in [6.07, 6.45) is 8.16. The first-order valence-corrected chi connectivity index (χ1v) is 6.87. The summed E-state index contributed by atoms with van der Waals surface area (Å²) in [7, 11) is 0. The minimum absolute atomic E-state index is 0.143. The number of hydrogen-bond donors (Lipinski definition) is 2. The number of nitrogens with one attached hydrogen (secondary N) is 2. The second kappa shape index (κ2) is 6.97. The maximum Gasteiger partial charge on any atom is 0.309 e. The van der Waals surface area contributed by atoms with Gasteiger partial charge in [-0.25, -0.2) is 0 Å². The van der Waals surface area contributed by atoms with Gasteiger partial charge >= 0.3 is 11.8 Å². The molecule has 0 saturated heterocycles. The predicted molar refractivity (Wildman–Crippen MR) is 70.2 cm³/mol. The highest BCUT2D eigenvalue weighted by Gasteiger charge is 2.19. The molecule has 5 heteroatoms. The summed E-state index contributed by atoms with van der Waals surface area (Å²) in [6.45, 7) is 0.240. The fourth-order valence-corrected chi connectivity index (χ4v) is 2.34. The van der Waals surface area contributed by atoms with E-state index in [2.05, 4.69) is 10.6 Å². The smallest absolute Gasteiger partial charge is 0.309 e. The van der Waals surface area contributed by atoms with Crippen LogP contribution in [0.2, 0.25) is 0 Å². The van der Waals surface area contributed by atoms with E-state index in [-0.39, 0.29) is 12.6 Å². The molecule has 1 aromatic rings. The SMILES string of the molecule is O=C(NCc1ccco1)C(=O)NC1CCCCCC1. The van der Waals surface area contributed by atoms with Gasteiger partial charge in [0.2, 0.25) is 0 Å². The van der Waals surface area contributed by atoms with Crippen LogP contribution in [-0.2, 0) is 16.1 Å². The first-order valence-electron chi connectivity index (χ1n) is 6.87. The molecule has 1 aromatic heterocycles. The Morgan fingerprint density at radius 1 is 1.16 bits per heavy atom. The van der Waals surface area contributed by atoms with Crippen LogP contribution in [0.5, 0.6) is 0 Å². The van der Waals surface area contributed by atoms with Crippen molar-refractivity contribution in [2.45, 2.75) is 51.1 Å². The van der Waals surface area contributed by atoms with E-state index in [1.54, 1.807) is 12.1 Å². The zero-order chi connectivity index (χ0) is 13.5. The van der Waals surface area contributed by atoms with E-state index in [9.17, 15) is 9.59 Å². The van der Waals surface area contributed by atoms with E-state index in [1.165, 1.54) is 19.1 Å². The van der Waals surface area contributed by atoms with E-state index in [4.69, 9.17) is 4.42 Å². The highest BCUT2D eigenvalue weighted by Crippen LogP contribution is 2.16. The molecule has 1 fully saturated rings. The molecule has 0 aliphatic heterocycles. The van der Waals surface area contributed by atoms with Crippen LogP contribution in [0, 0.1) is 0 Å². The number of carbonyl (C=O) groups excluding carboxylic acids is 2. The molecule has 2 rings (SSSR count). The van der Waals surface area contributed by atoms with Gasteiger partial charge in [-0.05, 0) is 25.0 Å². The van der Waals surface area contributed by atoms with E-state index in [0.717, 1.165) is 25.7 Å². The molecule has 1 saturated carbocycles. The Kier molecular flexibility index (Phi) is 5.01. The molecule has 0 spiro atoms. The summed E-state index contributed by atoms with van der Waals surface area (Å²) >= 11 is 0. The minimum Gasteiger partial charge on any atom is -0.467 e. The quantitative estimate of drug-likeness (QED) is 0.645. The van der Waals surface area contributed by atoms with Crippen LogP contribution >= 0.6 is 0 Å². The summed E-state index contributed by atoms with van der Waals surface area (Å²) in [4.78, 5) is 23.4.